The number of nitrogens with zero attached hydrogens (tertiary/aromatic N) is 1. The smallest absolute Gasteiger partial charge is 0.234 e. The zero-order valence-corrected chi connectivity index (χ0v) is 16.4. The van der Waals surface area contributed by atoms with E-state index in [1.807, 2.05) is 18.2 Å². The van der Waals surface area contributed by atoms with Crippen LogP contribution < -0.4 is 0 Å². The van der Waals surface area contributed by atoms with Crippen molar-refractivity contribution in [3.05, 3.63) is 59.2 Å². The van der Waals surface area contributed by atoms with E-state index in [4.69, 9.17) is 0 Å². The van der Waals surface area contributed by atoms with Gasteiger partial charge in [-0.25, -0.2) is 0 Å². The van der Waals surface area contributed by atoms with Crippen molar-refractivity contribution in [2.75, 3.05) is 0 Å². The molecule has 1 N–H and O–H groups in total. The second-order valence-corrected chi connectivity index (χ2v) is 9.06. The van der Waals surface area contributed by atoms with Crippen LogP contribution in [0.25, 0.3) is 10.8 Å². The number of amides is 2. The molecule has 2 bridgehead atoms. The van der Waals surface area contributed by atoms with Gasteiger partial charge >= 0.3 is 0 Å². The van der Waals surface area contributed by atoms with Crippen LogP contribution in [-0.4, -0.2) is 27.9 Å². The van der Waals surface area contributed by atoms with Crippen molar-refractivity contribution in [2.24, 2.45) is 11.8 Å². The Morgan fingerprint density at radius 2 is 1.62 bits per heavy atom. The summed E-state index contributed by atoms with van der Waals surface area (Å²) in [6.07, 6.45) is 9.54. The molecule has 2 aromatic carbocycles. The average Bonchev–Trinajstić information content (AvgIpc) is 3.04. The Morgan fingerprint density at radius 1 is 0.931 bits per heavy atom. The quantitative estimate of drug-likeness (QED) is 0.626. The molecule has 2 fully saturated rings. The molecule has 1 heterocycles. The van der Waals surface area contributed by atoms with Crippen LogP contribution in [0.4, 0.5) is 0 Å². The SMILES string of the molecule is O=C1C2C3C=CC(c4c3cc3ccccc3c4CO)C2C(=O)N1C1CCCCC1. The molecule has 4 atom stereocenters. The number of benzene rings is 2. The summed E-state index contributed by atoms with van der Waals surface area (Å²) in [4.78, 5) is 28.7. The number of fused-ring (bicyclic) bond motifs is 1. The summed E-state index contributed by atoms with van der Waals surface area (Å²) in [5.41, 5.74) is 3.15. The summed E-state index contributed by atoms with van der Waals surface area (Å²) in [6.45, 7) is -0.0490. The highest BCUT2D eigenvalue weighted by Gasteiger charge is 2.59. The summed E-state index contributed by atoms with van der Waals surface area (Å²) >= 11 is 0. The van der Waals surface area contributed by atoms with Crippen LogP contribution >= 0.6 is 0 Å². The highest BCUT2D eigenvalue weighted by molar-refractivity contribution is 6.08. The Hall–Kier alpha value is -2.46. The number of hydrogen-bond donors (Lipinski definition) is 1. The predicted octanol–water partition coefficient (Wildman–Crippen LogP) is 4.02. The van der Waals surface area contributed by atoms with Crippen molar-refractivity contribution in [2.45, 2.75) is 56.6 Å². The lowest BCUT2D eigenvalue weighted by molar-refractivity contribution is -0.143. The predicted molar refractivity (Wildman–Crippen MR) is 110 cm³/mol. The van der Waals surface area contributed by atoms with E-state index in [0.29, 0.717) is 0 Å². The lowest BCUT2D eigenvalue weighted by Gasteiger charge is -2.41. The zero-order valence-electron chi connectivity index (χ0n) is 16.4. The molecule has 29 heavy (non-hydrogen) atoms. The maximum Gasteiger partial charge on any atom is 0.234 e. The summed E-state index contributed by atoms with van der Waals surface area (Å²) in [6, 6.07) is 10.4. The van der Waals surface area contributed by atoms with E-state index in [1.54, 1.807) is 4.90 Å². The largest absolute Gasteiger partial charge is 0.392 e. The molecule has 4 aliphatic carbocycles. The van der Waals surface area contributed by atoms with Gasteiger partial charge < -0.3 is 5.11 Å². The minimum Gasteiger partial charge on any atom is -0.392 e. The summed E-state index contributed by atoms with van der Waals surface area (Å²) in [7, 11) is 0. The molecule has 1 saturated heterocycles. The van der Waals surface area contributed by atoms with E-state index in [-0.39, 0.29) is 48.1 Å². The van der Waals surface area contributed by atoms with E-state index in [1.165, 1.54) is 6.42 Å². The number of allylic oxidation sites excluding steroid dienone is 2. The Kier molecular flexibility index (Phi) is 3.76. The van der Waals surface area contributed by atoms with Gasteiger partial charge in [-0.1, -0.05) is 61.7 Å². The Bertz CT molecular complexity index is 1070. The molecule has 148 valence electrons. The highest BCUT2D eigenvalue weighted by atomic mass is 16.3. The van der Waals surface area contributed by atoms with E-state index in [9.17, 15) is 14.7 Å². The topological polar surface area (TPSA) is 57.6 Å². The number of hydrogen-bond acceptors (Lipinski definition) is 3. The molecule has 1 saturated carbocycles. The van der Waals surface area contributed by atoms with Gasteiger partial charge in [-0.2, -0.15) is 0 Å². The van der Waals surface area contributed by atoms with Gasteiger partial charge in [-0.3, -0.25) is 14.5 Å². The first-order chi connectivity index (χ1) is 14.2. The van der Waals surface area contributed by atoms with E-state index in [2.05, 4.69) is 24.3 Å². The Labute approximate surface area is 170 Å². The molecular weight excluding hydrogens is 362 g/mol. The van der Waals surface area contributed by atoms with Gasteiger partial charge in [-0.05, 0) is 40.3 Å². The monoisotopic (exact) mass is 387 g/mol. The van der Waals surface area contributed by atoms with Crippen LogP contribution in [0.2, 0.25) is 0 Å². The second-order valence-electron chi connectivity index (χ2n) is 9.06. The summed E-state index contributed by atoms with van der Waals surface area (Å²) in [5, 5.41) is 12.4. The normalized spacial score (nSPS) is 30.9. The maximum atomic E-state index is 13.5. The van der Waals surface area contributed by atoms with Crippen LogP contribution in [0.3, 0.4) is 0 Å². The van der Waals surface area contributed by atoms with Gasteiger partial charge in [0, 0.05) is 17.9 Å². The van der Waals surface area contributed by atoms with Crippen molar-refractivity contribution >= 4 is 22.6 Å². The third-order valence-corrected chi connectivity index (χ3v) is 7.76. The standard InChI is InChI=1S/C25H25NO3/c27-13-20-16-9-5-4-6-14(16)12-19-17-10-11-18(21(19)20)23-22(17)24(28)26(25(23)29)15-7-2-1-3-8-15/h4-6,9-12,15,17-18,22-23,27H,1-3,7-8,13H2. The van der Waals surface area contributed by atoms with Crippen LogP contribution in [0.1, 0.15) is 60.6 Å². The number of rotatable bonds is 2. The molecule has 1 aliphatic heterocycles. The Balaban J connectivity index is 1.51. The van der Waals surface area contributed by atoms with Crippen LogP contribution in [0.15, 0.2) is 42.5 Å². The first-order valence-corrected chi connectivity index (χ1v) is 10.9. The minimum absolute atomic E-state index is 0.0222. The number of carbonyl (C=O) groups excluding carboxylic acids is 2. The Morgan fingerprint density at radius 3 is 2.38 bits per heavy atom. The van der Waals surface area contributed by atoms with Crippen molar-refractivity contribution < 1.29 is 14.7 Å². The fourth-order valence-corrected chi connectivity index (χ4v) is 6.54. The molecular formula is C25H25NO3. The molecule has 0 radical (unpaired) electrons. The van der Waals surface area contributed by atoms with E-state index in [0.717, 1.165) is 53.1 Å². The molecule has 2 aromatic rings. The van der Waals surface area contributed by atoms with Crippen molar-refractivity contribution in [1.29, 1.82) is 0 Å². The average molecular weight is 387 g/mol. The van der Waals surface area contributed by atoms with Crippen molar-refractivity contribution in [1.82, 2.24) is 4.90 Å². The molecule has 4 unspecified atom stereocenters. The van der Waals surface area contributed by atoms with Gasteiger partial charge in [0.05, 0.1) is 18.4 Å². The number of carbonyl (C=O) groups is 2. The fraction of sp³-hybridized carbons (Fsp3) is 0.440. The van der Waals surface area contributed by atoms with Crippen molar-refractivity contribution in [3.8, 4) is 0 Å². The first-order valence-electron chi connectivity index (χ1n) is 10.9. The van der Waals surface area contributed by atoms with Crippen LogP contribution in [0.5, 0.6) is 0 Å². The molecule has 4 heteroatoms. The number of aliphatic hydroxyl groups is 1. The summed E-state index contributed by atoms with van der Waals surface area (Å²) < 4.78 is 0. The number of aliphatic hydroxyl groups excluding tert-OH is 1. The molecule has 5 aliphatic rings. The number of likely N-dealkylation sites (tertiary alicyclic amines) is 1. The molecule has 4 nitrogen and oxygen atoms in total. The van der Waals surface area contributed by atoms with E-state index < -0.39 is 0 Å². The third-order valence-electron chi connectivity index (χ3n) is 7.76. The summed E-state index contributed by atoms with van der Waals surface area (Å²) in [5.74, 6) is -0.709. The number of imide groups is 1. The van der Waals surface area contributed by atoms with Crippen LogP contribution in [0, 0.1) is 11.8 Å². The molecule has 2 amide bonds. The fourth-order valence-electron chi connectivity index (χ4n) is 6.54. The van der Waals surface area contributed by atoms with Gasteiger partial charge in [0.2, 0.25) is 11.8 Å². The van der Waals surface area contributed by atoms with Crippen molar-refractivity contribution in [3.63, 3.8) is 0 Å². The molecule has 7 rings (SSSR count). The second kappa shape index (κ2) is 6.27. The third kappa shape index (κ3) is 2.24. The molecule has 0 spiro atoms. The van der Waals surface area contributed by atoms with Gasteiger partial charge in [-0.15, -0.1) is 0 Å². The molecule has 0 aromatic heterocycles. The first kappa shape index (κ1) is 17.4. The van der Waals surface area contributed by atoms with Gasteiger partial charge in [0.25, 0.3) is 0 Å². The maximum absolute atomic E-state index is 13.5. The van der Waals surface area contributed by atoms with E-state index >= 15 is 0 Å². The lowest BCUT2D eigenvalue weighted by atomic mass is 9.59. The van der Waals surface area contributed by atoms with Gasteiger partial charge in [0.1, 0.15) is 0 Å². The highest BCUT2D eigenvalue weighted by Crippen LogP contribution is 2.57. The van der Waals surface area contributed by atoms with Crippen LogP contribution in [-0.2, 0) is 16.2 Å². The van der Waals surface area contributed by atoms with Gasteiger partial charge in [0.15, 0.2) is 0 Å². The zero-order chi connectivity index (χ0) is 19.7. The minimum atomic E-state index is -0.307. The lowest BCUT2D eigenvalue weighted by Crippen LogP contribution is -2.42.